The summed E-state index contributed by atoms with van der Waals surface area (Å²) < 4.78 is 14.9. The van der Waals surface area contributed by atoms with Gasteiger partial charge in [-0.05, 0) is 52.1 Å². The molecule has 35 heavy (non-hydrogen) atoms. The molecule has 1 fully saturated rings. The molecule has 1 saturated heterocycles. The second-order valence-corrected chi connectivity index (χ2v) is 9.43. The van der Waals surface area contributed by atoms with Crippen molar-refractivity contribution < 1.29 is 9.18 Å². The van der Waals surface area contributed by atoms with Crippen molar-refractivity contribution in [1.29, 1.82) is 5.26 Å². The highest BCUT2D eigenvalue weighted by atomic mass is 19.1. The zero-order chi connectivity index (χ0) is 24.7. The summed E-state index contributed by atoms with van der Waals surface area (Å²) >= 11 is 0. The Bertz CT molecular complexity index is 1340. The van der Waals surface area contributed by atoms with Crippen LogP contribution in [0.5, 0.6) is 0 Å². The van der Waals surface area contributed by atoms with Gasteiger partial charge >= 0.3 is 0 Å². The minimum absolute atomic E-state index is 0.00541. The molecule has 1 spiro atoms. The first kappa shape index (κ1) is 22.9. The van der Waals surface area contributed by atoms with Gasteiger partial charge in [0.05, 0.1) is 23.8 Å². The summed E-state index contributed by atoms with van der Waals surface area (Å²) in [6.45, 7) is 5.34. The maximum atomic E-state index is 14.9. The zero-order valence-electron chi connectivity index (χ0n) is 20.0. The molecular formula is C27H27FN6O. The van der Waals surface area contributed by atoms with E-state index in [9.17, 15) is 14.4 Å². The van der Waals surface area contributed by atoms with E-state index in [2.05, 4.69) is 15.2 Å². The minimum Gasteiger partial charge on any atom is -0.363 e. The lowest BCUT2D eigenvalue weighted by molar-refractivity contribution is -0.124. The van der Waals surface area contributed by atoms with E-state index in [-0.39, 0.29) is 11.5 Å². The van der Waals surface area contributed by atoms with E-state index < -0.39 is 17.3 Å². The molecule has 1 amide bonds. The number of likely N-dealkylation sites (tertiary alicyclic amines) is 1. The first-order valence-electron chi connectivity index (χ1n) is 11.7. The van der Waals surface area contributed by atoms with E-state index in [0.717, 1.165) is 23.5 Å². The van der Waals surface area contributed by atoms with Gasteiger partial charge in [0.15, 0.2) is 0 Å². The number of aromatic nitrogens is 2. The van der Waals surface area contributed by atoms with E-state index in [0.29, 0.717) is 36.7 Å². The third kappa shape index (κ3) is 3.82. The number of amides is 1. The van der Waals surface area contributed by atoms with Gasteiger partial charge in [0.25, 0.3) is 0 Å². The molecule has 3 aromatic rings. The third-order valence-corrected chi connectivity index (χ3v) is 7.04. The van der Waals surface area contributed by atoms with Gasteiger partial charge in [-0.15, -0.1) is 0 Å². The molecular weight excluding hydrogens is 443 g/mol. The SMILES string of the molecule is Cc1nc(N[C@H](C)c2cccc(C#N)c2F)c2c(n1)C1(CCN(C)C1)C(=O)N(c1ccccc1)C2. The maximum Gasteiger partial charge on any atom is 0.240 e. The number of hydrogen-bond donors (Lipinski definition) is 1. The van der Waals surface area contributed by atoms with Crippen molar-refractivity contribution >= 4 is 17.4 Å². The molecule has 1 aromatic heterocycles. The van der Waals surface area contributed by atoms with Gasteiger partial charge in [0.2, 0.25) is 5.91 Å². The quantitative estimate of drug-likeness (QED) is 0.618. The molecule has 8 heteroatoms. The first-order valence-corrected chi connectivity index (χ1v) is 11.7. The summed E-state index contributed by atoms with van der Waals surface area (Å²) in [5.74, 6) is 0.652. The lowest BCUT2D eigenvalue weighted by atomic mass is 9.76. The summed E-state index contributed by atoms with van der Waals surface area (Å²) in [6, 6.07) is 15.9. The molecule has 0 saturated carbocycles. The van der Waals surface area contributed by atoms with E-state index in [1.54, 1.807) is 12.1 Å². The predicted molar refractivity (Wildman–Crippen MR) is 131 cm³/mol. The van der Waals surface area contributed by atoms with E-state index in [1.165, 1.54) is 6.07 Å². The highest BCUT2D eigenvalue weighted by molar-refractivity contribution is 6.03. The minimum atomic E-state index is -0.766. The monoisotopic (exact) mass is 470 g/mol. The molecule has 2 aliphatic rings. The fourth-order valence-corrected chi connectivity index (χ4v) is 5.29. The highest BCUT2D eigenvalue weighted by Gasteiger charge is 2.53. The van der Waals surface area contributed by atoms with Crippen LogP contribution in [0.2, 0.25) is 0 Å². The molecule has 0 bridgehead atoms. The number of nitrogens with zero attached hydrogens (tertiary/aromatic N) is 5. The molecule has 2 atom stereocenters. The molecule has 178 valence electrons. The molecule has 1 unspecified atom stereocenters. The Kier molecular flexibility index (Phi) is 5.73. The normalized spacial score (nSPS) is 20.5. The average molecular weight is 471 g/mol. The molecule has 2 aromatic carbocycles. The van der Waals surface area contributed by atoms with Crippen LogP contribution in [0.15, 0.2) is 48.5 Å². The smallest absolute Gasteiger partial charge is 0.240 e. The van der Waals surface area contributed by atoms with Crippen molar-refractivity contribution in [3.05, 3.63) is 82.6 Å². The van der Waals surface area contributed by atoms with Crippen LogP contribution >= 0.6 is 0 Å². The Balaban J connectivity index is 1.62. The number of para-hydroxylation sites is 1. The van der Waals surface area contributed by atoms with Crippen molar-refractivity contribution in [2.24, 2.45) is 0 Å². The molecule has 2 aliphatic heterocycles. The fraction of sp³-hybridized carbons (Fsp3) is 0.333. The summed E-state index contributed by atoms with van der Waals surface area (Å²) in [7, 11) is 2.02. The van der Waals surface area contributed by atoms with Crippen molar-refractivity contribution in [3.63, 3.8) is 0 Å². The van der Waals surface area contributed by atoms with Crippen LogP contribution < -0.4 is 10.2 Å². The summed E-state index contributed by atoms with van der Waals surface area (Å²) in [5, 5.41) is 12.6. The first-order chi connectivity index (χ1) is 16.8. The number of likely N-dealkylation sites (N-methyl/N-ethyl adjacent to an activating group) is 1. The number of halogens is 1. The Hall–Kier alpha value is -3.83. The predicted octanol–water partition coefficient (Wildman–Crippen LogP) is 4.09. The number of anilines is 2. The molecule has 3 heterocycles. The molecule has 7 nitrogen and oxygen atoms in total. The van der Waals surface area contributed by atoms with Crippen molar-refractivity contribution in [3.8, 4) is 6.07 Å². The summed E-state index contributed by atoms with van der Waals surface area (Å²) in [6.07, 6.45) is 0.670. The lowest BCUT2D eigenvalue weighted by Crippen LogP contribution is -2.53. The third-order valence-electron chi connectivity index (χ3n) is 7.04. The van der Waals surface area contributed by atoms with Gasteiger partial charge < -0.3 is 15.1 Å². The number of nitrogens with one attached hydrogen (secondary N) is 1. The van der Waals surface area contributed by atoms with Crippen LogP contribution in [0.1, 0.15) is 47.6 Å². The highest BCUT2D eigenvalue weighted by Crippen LogP contribution is 2.44. The zero-order valence-corrected chi connectivity index (χ0v) is 20.0. The van der Waals surface area contributed by atoms with Gasteiger partial charge in [0.1, 0.15) is 28.9 Å². The van der Waals surface area contributed by atoms with Crippen molar-refractivity contribution in [2.75, 3.05) is 30.4 Å². The van der Waals surface area contributed by atoms with Gasteiger partial charge in [-0.3, -0.25) is 4.79 Å². The topological polar surface area (TPSA) is 85.1 Å². The van der Waals surface area contributed by atoms with Crippen LogP contribution in [-0.4, -0.2) is 40.9 Å². The largest absolute Gasteiger partial charge is 0.363 e. The van der Waals surface area contributed by atoms with Gasteiger partial charge in [-0.25, -0.2) is 14.4 Å². The summed E-state index contributed by atoms with van der Waals surface area (Å²) in [4.78, 5) is 27.4. The number of hydrogen-bond acceptors (Lipinski definition) is 6. The molecule has 0 radical (unpaired) electrons. The van der Waals surface area contributed by atoms with E-state index in [4.69, 9.17) is 4.98 Å². The number of rotatable bonds is 4. The fourth-order valence-electron chi connectivity index (χ4n) is 5.29. The van der Waals surface area contributed by atoms with Gasteiger partial charge in [0, 0.05) is 23.4 Å². The number of carbonyl (C=O) groups excluding carboxylic acids is 1. The Morgan fingerprint density at radius 3 is 2.63 bits per heavy atom. The Morgan fingerprint density at radius 2 is 1.94 bits per heavy atom. The van der Waals surface area contributed by atoms with E-state index >= 15 is 0 Å². The van der Waals surface area contributed by atoms with Crippen LogP contribution in [0.25, 0.3) is 0 Å². The Morgan fingerprint density at radius 1 is 1.17 bits per heavy atom. The average Bonchev–Trinajstić information content (AvgIpc) is 3.25. The number of nitriles is 1. The van der Waals surface area contributed by atoms with E-state index in [1.807, 2.05) is 62.2 Å². The summed E-state index contributed by atoms with van der Waals surface area (Å²) in [5.41, 5.74) is 2.05. The van der Waals surface area contributed by atoms with Gasteiger partial charge in [-0.2, -0.15) is 5.26 Å². The molecule has 0 aliphatic carbocycles. The standard InChI is InChI=1S/C27H27FN6O/c1-17(21-11-7-8-19(14-29)23(21)28)30-25-22-15-34(20-9-5-4-6-10-20)26(35)27(12-13-33(3)16-27)24(22)31-18(2)32-25/h4-11,17H,12-13,15-16H2,1-3H3,(H,30,31,32)/t17-,27?/m1/s1. The maximum absolute atomic E-state index is 14.9. The van der Waals surface area contributed by atoms with Crippen molar-refractivity contribution in [2.45, 2.75) is 38.3 Å². The second kappa shape index (κ2) is 8.75. The van der Waals surface area contributed by atoms with Crippen LogP contribution in [0, 0.1) is 24.1 Å². The molecule has 5 rings (SSSR count). The number of aryl methyl sites for hydroxylation is 1. The Labute approximate surface area is 204 Å². The van der Waals surface area contributed by atoms with Crippen molar-refractivity contribution in [1.82, 2.24) is 14.9 Å². The van der Waals surface area contributed by atoms with Crippen LogP contribution in [0.4, 0.5) is 15.9 Å². The van der Waals surface area contributed by atoms with Gasteiger partial charge in [-0.1, -0.05) is 30.3 Å². The van der Waals surface area contributed by atoms with Crippen LogP contribution in [-0.2, 0) is 16.8 Å². The lowest BCUT2D eigenvalue weighted by Gasteiger charge is -2.40. The number of benzene rings is 2. The number of fused-ring (bicyclic) bond motifs is 2. The second-order valence-electron chi connectivity index (χ2n) is 9.43. The number of carbonyl (C=O) groups is 1. The van der Waals surface area contributed by atoms with Crippen LogP contribution in [0.3, 0.4) is 0 Å². The molecule has 1 N–H and O–H groups in total.